The molecule has 0 fully saturated rings. The van der Waals surface area contributed by atoms with E-state index in [1.165, 1.54) is 0 Å². The maximum absolute atomic E-state index is 10.9. The molecule has 0 amide bonds. The summed E-state index contributed by atoms with van der Waals surface area (Å²) in [6.07, 6.45) is 1.49. The number of thioether (sulfide) groups is 1. The van der Waals surface area contributed by atoms with Crippen molar-refractivity contribution in [3.8, 4) is 17.2 Å². The molecule has 0 bridgehead atoms. The van der Waals surface area contributed by atoms with Crippen LogP contribution < -0.4 is 14.2 Å². The van der Waals surface area contributed by atoms with E-state index in [1.807, 2.05) is 24.3 Å². The molecule has 0 saturated heterocycles. The molecule has 0 aliphatic heterocycles. The molecular weight excluding hydrogens is 402 g/mol. The molecule has 0 spiro atoms. The van der Waals surface area contributed by atoms with Gasteiger partial charge in [-0.15, -0.1) is 10.2 Å². The minimum atomic E-state index is 0.478. The van der Waals surface area contributed by atoms with Crippen molar-refractivity contribution in [2.75, 3.05) is 26.6 Å². The second-order valence-corrected chi connectivity index (χ2v) is 7.46. The molecule has 0 saturated carbocycles. The van der Waals surface area contributed by atoms with E-state index in [2.05, 4.69) is 21.7 Å². The zero-order valence-corrected chi connectivity index (χ0v) is 18.1. The molecule has 0 radical (unpaired) electrons. The van der Waals surface area contributed by atoms with E-state index in [1.54, 1.807) is 44.2 Å². The summed E-state index contributed by atoms with van der Waals surface area (Å²) in [5.41, 5.74) is 1.71. The molecule has 1 aromatic heterocycles. The smallest absolute Gasteiger partial charge is 0.191 e. The van der Waals surface area contributed by atoms with E-state index in [0.29, 0.717) is 35.8 Å². The first-order valence-electron chi connectivity index (χ1n) is 9.62. The molecule has 7 nitrogen and oxygen atoms in total. The third-order valence-corrected chi connectivity index (χ3v) is 5.46. The van der Waals surface area contributed by atoms with Gasteiger partial charge < -0.3 is 18.8 Å². The number of nitrogens with zero attached hydrogens (tertiary/aromatic N) is 3. The number of methoxy groups -OCH3 is 2. The number of hydrogen-bond acceptors (Lipinski definition) is 7. The van der Waals surface area contributed by atoms with Gasteiger partial charge in [0.25, 0.3) is 0 Å². The predicted molar refractivity (Wildman–Crippen MR) is 116 cm³/mol. The number of carbonyl (C=O) groups is 1. The second kappa shape index (κ2) is 10.7. The Morgan fingerprint density at radius 3 is 2.50 bits per heavy atom. The Morgan fingerprint density at radius 1 is 1.03 bits per heavy atom. The fourth-order valence-corrected chi connectivity index (χ4v) is 3.80. The maximum atomic E-state index is 10.9. The van der Waals surface area contributed by atoms with Gasteiger partial charge in [0.1, 0.15) is 17.9 Å². The van der Waals surface area contributed by atoms with Crippen molar-refractivity contribution in [2.45, 2.75) is 25.0 Å². The molecule has 2 aromatic carbocycles. The normalized spacial score (nSPS) is 10.6. The highest BCUT2D eigenvalue weighted by Crippen LogP contribution is 2.28. The third kappa shape index (κ3) is 5.33. The molecule has 8 heteroatoms. The number of benzene rings is 2. The van der Waals surface area contributed by atoms with Crippen LogP contribution in [0.25, 0.3) is 0 Å². The van der Waals surface area contributed by atoms with Gasteiger partial charge in [0.2, 0.25) is 0 Å². The number of hydrogen-bond donors (Lipinski definition) is 0. The summed E-state index contributed by atoms with van der Waals surface area (Å²) in [7, 11) is 3.21. The standard InChI is InChI=1S/C22H25N3O4S/c1-4-25-21(14-16-5-8-18(27-2)9-6-16)23-24-22(25)30-12-11-29-19-10-7-17(15-26)13-20(19)28-3/h5-10,13,15H,4,11-12,14H2,1-3H3. The Bertz CT molecular complexity index is 973. The Labute approximate surface area is 180 Å². The van der Waals surface area contributed by atoms with Gasteiger partial charge in [-0.05, 0) is 42.8 Å². The van der Waals surface area contributed by atoms with Crippen molar-refractivity contribution in [3.63, 3.8) is 0 Å². The van der Waals surface area contributed by atoms with Crippen LogP contribution in [0.3, 0.4) is 0 Å². The first kappa shape index (κ1) is 21.7. The lowest BCUT2D eigenvalue weighted by Gasteiger charge is -2.11. The molecule has 0 unspecified atom stereocenters. The van der Waals surface area contributed by atoms with Gasteiger partial charge in [0, 0.05) is 24.3 Å². The average molecular weight is 428 g/mol. The van der Waals surface area contributed by atoms with E-state index in [-0.39, 0.29) is 0 Å². The van der Waals surface area contributed by atoms with E-state index in [4.69, 9.17) is 14.2 Å². The van der Waals surface area contributed by atoms with Crippen molar-refractivity contribution in [1.29, 1.82) is 0 Å². The number of aldehydes is 1. The minimum Gasteiger partial charge on any atom is -0.497 e. The van der Waals surface area contributed by atoms with Crippen LogP contribution in [0.4, 0.5) is 0 Å². The van der Waals surface area contributed by atoms with Crippen LogP contribution >= 0.6 is 11.8 Å². The molecular formula is C22H25N3O4S. The predicted octanol–water partition coefficient (Wildman–Crippen LogP) is 3.89. The van der Waals surface area contributed by atoms with Crippen LogP contribution in [0.2, 0.25) is 0 Å². The summed E-state index contributed by atoms with van der Waals surface area (Å²) < 4.78 is 18.4. The molecule has 0 atom stereocenters. The zero-order chi connectivity index (χ0) is 21.3. The van der Waals surface area contributed by atoms with Crippen molar-refractivity contribution >= 4 is 18.0 Å². The Morgan fingerprint density at radius 2 is 1.83 bits per heavy atom. The van der Waals surface area contributed by atoms with Gasteiger partial charge in [0.05, 0.1) is 20.8 Å². The van der Waals surface area contributed by atoms with E-state index in [0.717, 1.165) is 35.1 Å². The lowest BCUT2D eigenvalue weighted by atomic mass is 10.1. The monoisotopic (exact) mass is 427 g/mol. The van der Waals surface area contributed by atoms with Crippen LogP contribution in [0.5, 0.6) is 17.2 Å². The van der Waals surface area contributed by atoms with Gasteiger partial charge in [-0.25, -0.2) is 0 Å². The second-order valence-electron chi connectivity index (χ2n) is 6.39. The third-order valence-electron chi connectivity index (χ3n) is 4.53. The van der Waals surface area contributed by atoms with Crippen LogP contribution in [-0.2, 0) is 13.0 Å². The van der Waals surface area contributed by atoms with Gasteiger partial charge in [-0.1, -0.05) is 23.9 Å². The van der Waals surface area contributed by atoms with E-state index in [9.17, 15) is 4.79 Å². The summed E-state index contributed by atoms with van der Waals surface area (Å²) in [6, 6.07) is 13.1. The lowest BCUT2D eigenvalue weighted by Crippen LogP contribution is -2.06. The molecule has 1 heterocycles. The van der Waals surface area contributed by atoms with Crippen LogP contribution in [0, 0.1) is 0 Å². The Balaban J connectivity index is 1.57. The van der Waals surface area contributed by atoms with Crippen molar-refractivity contribution in [1.82, 2.24) is 14.8 Å². The summed E-state index contributed by atoms with van der Waals surface area (Å²) in [5, 5.41) is 9.59. The molecule has 0 N–H and O–H groups in total. The van der Waals surface area contributed by atoms with Crippen LogP contribution in [0.1, 0.15) is 28.7 Å². The molecule has 3 rings (SSSR count). The quantitative estimate of drug-likeness (QED) is 0.261. The fourth-order valence-electron chi connectivity index (χ4n) is 2.96. The molecule has 30 heavy (non-hydrogen) atoms. The first-order chi connectivity index (χ1) is 14.7. The summed E-state index contributed by atoms with van der Waals surface area (Å²) in [6.45, 7) is 3.36. The minimum absolute atomic E-state index is 0.478. The summed E-state index contributed by atoms with van der Waals surface area (Å²) >= 11 is 1.60. The van der Waals surface area contributed by atoms with E-state index >= 15 is 0 Å². The molecule has 3 aromatic rings. The fraction of sp³-hybridized carbons (Fsp3) is 0.318. The number of rotatable bonds is 11. The van der Waals surface area contributed by atoms with E-state index < -0.39 is 0 Å². The molecule has 0 aliphatic carbocycles. The average Bonchev–Trinajstić information content (AvgIpc) is 3.18. The Kier molecular flexibility index (Phi) is 7.73. The first-order valence-corrected chi connectivity index (χ1v) is 10.6. The van der Waals surface area contributed by atoms with Crippen molar-refractivity contribution in [2.24, 2.45) is 0 Å². The zero-order valence-electron chi connectivity index (χ0n) is 17.3. The molecule has 0 aliphatic rings. The topological polar surface area (TPSA) is 75.5 Å². The van der Waals surface area contributed by atoms with Crippen molar-refractivity contribution < 1.29 is 19.0 Å². The number of aromatic nitrogens is 3. The van der Waals surface area contributed by atoms with Gasteiger partial charge in [-0.3, -0.25) is 4.79 Å². The van der Waals surface area contributed by atoms with Gasteiger partial charge in [0.15, 0.2) is 16.7 Å². The van der Waals surface area contributed by atoms with Crippen molar-refractivity contribution in [3.05, 3.63) is 59.4 Å². The highest BCUT2D eigenvalue weighted by Gasteiger charge is 2.12. The summed E-state index contributed by atoms with van der Waals surface area (Å²) in [5.74, 6) is 3.63. The van der Waals surface area contributed by atoms with Gasteiger partial charge >= 0.3 is 0 Å². The highest BCUT2D eigenvalue weighted by atomic mass is 32.2. The lowest BCUT2D eigenvalue weighted by molar-refractivity contribution is 0.112. The number of carbonyl (C=O) groups excluding carboxylic acids is 1. The summed E-state index contributed by atoms with van der Waals surface area (Å²) in [4.78, 5) is 10.9. The largest absolute Gasteiger partial charge is 0.497 e. The maximum Gasteiger partial charge on any atom is 0.191 e. The number of ether oxygens (including phenoxy) is 3. The van der Waals surface area contributed by atoms with Crippen LogP contribution in [-0.4, -0.2) is 47.6 Å². The Hall–Kier alpha value is -3.00. The van der Waals surface area contributed by atoms with Gasteiger partial charge in [-0.2, -0.15) is 0 Å². The SMILES string of the molecule is CCn1c(Cc2ccc(OC)cc2)nnc1SCCOc1ccc(C=O)cc1OC. The highest BCUT2D eigenvalue weighted by molar-refractivity contribution is 7.99. The van der Waals surface area contributed by atoms with Crippen LogP contribution in [0.15, 0.2) is 47.6 Å². The molecule has 158 valence electrons.